The molecular formula is C13H17N3. The summed E-state index contributed by atoms with van der Waals surface area (Å²) in [5.74, 6) is 1.50. The van der Waals surface area contributed by atoms with E-state index in [2.05, 4.69) is 36.1 Å². The first-order valence-corrected chi connectivity index (χ1v) is 5.65. The van der Waals surface area contributed by atoms with Crippen LogP contribution in [0.2, 0.25) is 0 Å². The van der Waals surface area contributed by atoms with Crippen molar-refractivity contribution in [2.75, 3.05) is 5.32 Å². The molecule has 0 spiro atoms. The zero-order valence-corrected chi connectivity index (χ0v) is 9.94. The number of hydrogen-bond acceptors (Lipinski definition) is 3. The lowest BCUT2D eigenvalue weighted by Crippen LogP contribution is -2.22. The van der Waals surface area contributed by atoms with Crippen molar-refractivity contribution in [2.45, 2.75) is 26.8 Å². The number of rotatable bonds is 3. The third-order valence-corrected chi connectivity index (χ3v) is 2.91. The Kier molecular flexibility index (Phi) is 3.04. The summed E-state index contributed by atoms with van der Waals surface area (Å²) in [5, 5.41) is 4.51. The number of nitrogens with zero attached hydrogens (tertiary/aromatic N) is 2. The Morgan fingerprint density at radius 3 is 2.56 bits per heavy atom. The third-order valence-electron chi connectivity index (χ3n) is 2.91. The number of hydrogen-bond donors (Lipinski definition) is 1. The fraction of sp³-hybridized carbons (Fsp3) is 0.385. The monoisotopic (exact) mass is 215 g/mol. The molecule has 1 unspecified atom stereocenters. The van der Waals surface area contributed by atoms with Crippen LogP contribution in [0.1, 0.15) is 20.8 Å². The fourth-order valence-electron chi connectivity index (χ4n) is 1.50. The van der Waals surface area contributed by atoms with Crippen LogP contribution in [0, 0.1) is 5.92 Å². The molecule has 2 rings (SSSR count). The van der Waals surface area contributed by atoms with Gasteiger partial charge in [-0.25, -0.2) is 9.97 Å². The second-order valence-corrected chi connectivity index (χ2v) is 4.42. The molecule has 1 heterocycles. The summed E-state index contributed by atoms with van der Waals surface area (Å²) in [6.07, 6.45) is 1.61. The zero-order valence-electron chi connectivity index (χ0n) is 9.94. The van der Waals surface area contributed by atoms with Crippen LogP contribution in [0.15, 0.2) is 30.6 Å². The molecule has 0 fully saturated rings. The molecule has 0 radical (unpaired) electrons. The van der Waals surface area contributed by atoms with E-state index in [1.807, 2.05) is 24.3 Å². The SMILES string of the molecule is CC(C)C(C)Nc1ncnc2ccccc12. The number of aromatic nitrogens is 2. The van der Waals surface area contributed by atoms with Gasteiger partial charge in [-0.2, -0.15) is 0 Å². The standard InChI is InChI=1S/C13H17N3/c1-9(2)10(3)16-13-11-6-4-5-7-12(11)14-8-15-13/h4-10H,1-3H3,(H,14,15,16). The van der Waals surface area contributed by atoms with Gasteiger partial charge in [0, 0.05) is 11.4 Å². The molecule has 84 valence electrons. The molecule has 0 saturated heterocycles. The quantitative estimate of drug-likeness (QED) is 0.855. The predicted octanol–water partition coefficient (Wildman–Crippen LogP) is 3.09. The van der Waals surface area contributed by atoms with Gasteiger partial charge in [0.2, 0.25) is 0 Å². The lowest BCUT2D eigenvalue weighted by molar-refractivity contribution is 0.559. The molecule has 3 heteroatoms. The van der Waals surface area contributed by atoms with Gasteiger partial charge >= 0.3 is 0 Å². The molecule has 16 heavy (non-hydrogen) atoms. The minimum atomic E-state index is 0.401. The fourth-order valence-corrected chi connectivity index (χ4v) is 1.50. The van der Waals surface area contributed by atoms with Crippen molar-refractivity contribution in [1.82, 2.24) is 9.97 Å². The molecule has 1 atom stereocenters. The first kappa shape index (κ1) is 10.9. The highest BCUT2D eigenvalue weighted by Gasteiger charge is 2.09. The van der Waals surface area contributed by atoms with Crippen molar-refractivity contribution in [3.05, 3.63) is 30.6 Å². The average Bonchev–Trinajstić information content (AvgIpc) is 2.29. The molecule has 0 aliphatic carbocycles. The van der Waals surface area contributed by atoms with E-state index in [-0.39, 0.29) is 0 Å². The Balaban J connectivity index is 2.37. The van der Waals surface area contributed by atoms with Gasteiger partial charge in [0.15, 0.2) is 0 Å². The van der Waals surface area contributed by atoms with Gasteiger partial charge in [0.1, 0.15) is 12.1 Å². The first-order chi connectivity index (χ1) is 7.68. The van der Waals surface area contributed by atoms with Gasteiger partial charge in [-0.3, -0.25) is 0 Å². The minimum absolute atomic E-state index is 0.401. The van der Waals surface area contributed by atoms with Crippen LogP contribution in [0.3, 0.4) is 0 Å². The Morgan fingerprint density at radius 1 is 1.06 bits per heavy atom. The molecule has 2 aromatic rings. The van der Waals surface area contributed by atoms with Crippen molar-refractivity contribution in [3.63, 3.8) is 0 Å². The molecule has 0 bridgehead atoms. The zero-order chi connectivity index (χ0) is 11.5. The predicted molar refractivity (Wildman–Crippen MR) is 67.5 cm³/mol. The Morgan fingerprint density at radius 2 is 1.81 bits per heavy atom. The van der Waals surface area contributed by atoms with Crippen molar-refractivity contribution in [3.8, 4) is 0 Å². The maximum atomic E-state index is 4.31. The molecule has 0 saturated carbocycles. The second-order valence-electron chi connectivity index (χ2n) is 4.42. The number of nitrogens with one attached hydrogen (secondary N) is 1. The molecule has 1 N–H and O–H groups in total. The highest BCUT2D eigenvalue weighted by Crippen LogP contribution is 2.20. The van der Waals surface area contributed by atoms with Crippen LogP contribution >= 0.6 is 0 Å². The number of fused-ring (bicyclic) bond motifs is 1. The van der Waals surface area contributed by atoms with Crippen molar-refractivity contribution in [2.24, 2.45) is 5.92 Å². The van der Waals surface area contributed by atoms with Gasteiger partial charge in [-0.15, -0.1) is 0 Å². The van der Waals surface area contributed by atoms with Gasteiger partial charge in [-0.05, 0) is 25.0 Å². The molecule has 0 aliphatic heterocycles. The van der Waals surface area contributed by atoms with E-state index in [0.717, 1.165) is 16.7 Å². The Hall–Kier alpha value is -1.64. The largest absolute Gasteiger partial charge is 0.367 e. The van der Waals surface area contributed by atoms with Crippen LogP contribution in [0.5, 0.6) is 0 Å². The summed E-state index contributed by atoms with van der Waals surface area (Å²) in [7, 11) is 0. The number of anilines is 1. The van der Waals surface area contributed by atoms with Gasteiger partial charge in [0.25, 0.3) is 0 Å². The lowest BCUT2D eigenvalue weighted by Gasteiger charge is -2.18. The Bertz CT molecular complexity index is 474. The minimum Gasteiger partial charge on any atom is -0.367 e. The number of para-hydroxylation sites is 1. The highest BCUT2D eigenvalue weighted by atomic mass is 15.0. The summed E-state index contributed by atoms with van der Waals surface area (Å²) < 4.78 is 0. The van der Waals surface area contributed by atoms with E-state index in [9.17, 15) is 0 Å². The van der Waals surface area contributed by atoms with Crippen LogP contribution in [0.25, 0.3) is 10.9 Å². The topological polar surface area (TPSA) is 37.8 Å². The lowest BCUT2D eigenvalue weighted by atomic mass is 10.1. The van der Waals surface area contributed by atoms with Crippen LogP contribution in [0.4, 0.5) is 5.82 Å². The third kappa shape index (κ3) is 2.13. The van der Waals surface area contributed by atoms with E-state index in [1.54, 1.807) is 6.33 Å². The van der Waals surface area contributed by atoms with Crippen LogP contribution < -0.4 is 5.32 Å². The summed E-state index contributed by atoms with van der Waals surface area (Å²) >= 11 is 0. The normalized spacial score (nSPS) is 13.0. The van der Waals surface area contributed by atoms with E-state index < -0.39 is 0 Å². The Labute approximate surface area is 95.9 Å². The van der Waals surface area contributed by atoms with E-state index in [4.69, 9.17) is 0 Å². The smallest absolute Gasteiger partial charge is 0.137 e. The van der Waals surface area contributed by atoms with Crippen LogP contribution in [-0.2, 0) is 0 Å². The van der Waals surface area contributed by atoms with Crippen LogP contribution in [-0.4, -0.2) is 16.0 Å². The van der Waals surface area contributed by atoms with Crippen molar-refractivity contribution in [1.29, 1.82) is 0 Å². The van der Waals surface area contributed by atoms with Gasteiger partial charge in [-0.1, -0.05) is 26.0 Å². The van der Waals surface area contributed by atoms with Gasteiger partial charge < -0.3 is 5.32 Å². The summed E-state index contributed by atoms with van der Waals surface area (Å²) in [4.78, 5) is 8.55. The number of benzene rings is 1. The summed E-state index contributed by atoms with van der Waals surface area (Å²) in [6.45, 7) is 6.56. The molecule has 1 aromatic carbocycles. The van der Waals surface area contributed by atoms with E-state index in [1.165, 1.54) is 0 Å². The molecule has 3 nitrogen and oxygen atoms in total. The maximum Gasteiger partial charge on any atom is 0.137 e. The maximum absolute atomic E-state index is 4.31. The van der Waals surface area contributed by atoms with E-state index >= 15 is 0 Å². The molecular weight excluding hydrogens is 198 g/mol. The van der Waals surface area contributed by atoms with Crippen molar-refractivity contribution < 1.29 is 0 Å². The summed E-state index contributed by atoms with van der Waals surface area (Å²) in [6, 6.07) is 8.45. The molecule has 0 aliphatic rings. The average molecular weight is 215 g/mol. The summed E-state index contributed by atoms with van der Waals surface area (Å²) in [5.41, 5.74) is 0.982. The highest BCUT2D eigenvalue weighted by molar-refractivity contribution is 5.88. The first-order valence-electron chi connectivity index (χ1n) is 5.65. The molecule has 0 amide bonds. The van der Waals surface area contributed by atoms with E-state index in [0.29, 0.717) is 12.0 Å². The molecule has 1 aromatic heterocycles. The second kappa shape index (κ2) is 4.47. The van der Waals surface area contributed by atoms with Gasteiger partial charge in [0.05, 0.1) is 5.52 Å². The van der Waals surface area contributed by atoms with Crippen molar-refractivity contribution >= 4 is 16.7 Å².